The number of carbonyl (C=O) groups excluding carboxylic acids is 1. The van der Waals surface area contributed by atoms with E-state index in [2.05, 4.69) is 5.32 Å². The fourth-order valence-corrected chi connectivity index (χ4v) is 1.65. The van der Waals surface area contributed by atoms with E-state index in [-0.39, 0.29) is 11.9 Å². The maximum absolute atomic E-state index is 11.6. The summed E-state index contributed by atoms with van der Waals surface area (Å²) in [6.07, 6.45) is 1.54. The lowest BCUT2D eigenvalue weighted by atomic mass is 10.2. The van der Waals surface area contributed by atoms with E-state index in [0.717, 1.165) is 19.4 Å². The van der Waals surface area contributed by atoms with E-state index in [1.54, 1.807) is 18.9 Å². The monoisotopic (exact) mass is 186 g/mol. The second-order valence-corrected chi connectivity index (χ2v) is 3.72. The van der Waals surface area contributed by atoms with E-state index < -0.39 is 6.10 Å². The van der Waals surface area contributed by atoms with Gasteiger partial charge >= 0.3 is 0 Å². The third-order valence-corrected chi connectivity index (χ3v) is 2.27. The Kier molecular flexibility index (Phi) is 3.69. The van der Waals surface area contributed by atoms with Crippen LogP contribution < -0.4 is 5.32 Å². The van der Waals surface area contributed by atoms with E-state index in [1.165, 1.54) is 0 Å². The Hall–Kier alpha value is -0.610. The van der Waals surface area contributed by atoms with Crippen LogP contribution in [0.25, 0.3) is 0 Å². The summed E-state index contributed by atoms with van der Waals surface area (Å²) in [6.45, 7) is 3.03. The molecule has 1 amide bonds. The summed E-state index contributed by atoms with van der Waals surface area (Å²) >= 11 is 0. The third kappa shape index (κ3) is 2.97. The molecule has 1 unspecified atom stereocenters. The van der Waals surface area contributed by atoms with Crippen LogP contribution in [0.2, 0.25) is 0 Å². The molecule has 1 fully saturated rings. The molecule has 76 valence electrons. The number of aliphatic hydroxyl groups excluding tert-OH is 1. The summed E-state index contributed by atoms with van der Waals surface area (Å²) in [6, 6.07) is -0.0243. The van der Waals surface area contributed by atoms with E-state index in [0.29, 0.717) is 6.54 Å². The number of aliphatic hydroxyl groups is 1. The molecule has 0 aliphatic carbocycles. The predicted molar refractivity (Wildman–Crippen MR) is 50.3 cm³/mol. The van der Waals surface area contributed by atoms with Gasteiger partial charge in [-0.1, -0.05) is 0 Å². The quantitative estimate of drug-likeness (QED) is 0.629. The molecule has 1 saturated heterocycles. The van der Waals surface area contributed by atoms with Gasteiger partial charge in [-0.3, -0.25) is 4.79 Å². The van der Waals surface area contributed by atoms with Crippen LogP contribution in [0.15, 0.2) is 0 Å². The Morgan fingerprint density at radius 1 is 1.77 bits per heavy atom. The normalized spacial score (nSPS) is 24.4. The summed E-state index contributed by atoms with van der Waals surface area (Å²) in [5.74, 6) is 0.0957. The van der Waals surface area contributed by atoms with Gasteiger partial charge in [0.1, 0.15) is 0 Å². The lowest BCUT2D eigenvalue weighted by molar-refractivity contribution is -0.132. The Bertz CT molecular complexity index is 176. The number of carbonyl (C=O) groups is 1. The molecule has 2 N–H and O–H groups in total. The summed E-state index contributed by atoms with van der Waals surface area (Å²) in [5.41, 5.74) is 0. The number of hydrogen-bond acceptors (Lipinski definition) is 3. The SMILES string of the molecule is CC(O)CN(C)C(=O)[C@H]1CCCN1. The van der Waals surface area contributed by atoms with Crippen molar-refractivity contribution >= 4 is 5.91 Å². The highest BCUT2D eigenvalue weighted by atomic mass is 16.3. The fraction of sp³-hybridized carbons (Fsp3) is 0.889. The largest absolute Gasteiger partial charge is 0.392 e. The first-order valence-electron chi connectivity index (χ1n) is 4.77. The van der Waals surface area contributed by atoms with Crippen LogP contribution in [0.3, 0.4) is 0 Å². The van der Waals surface area contributed by atoms with Gasteiger partial charge in [0.2, 0.25) is 5.91 Å². The smallest absolute Gasteiger partial charge is 0.239 e. The molecule has 0 aromatic carbocycles. The Balaban J connectivity index is 2.36. The second-order valence-electron chi connectivity index (χ2n) is 3.72. The van der Waals surface area contributed by atoms with E-state index in [4.69, 9.17) is 5.11 Å². The van der Waals surface area contributed by atoms with Gasteiger partial charge in [0.15, 0.2) is 0 Å². The highest BCUT2D eigenvalue weighted by Crippen LogP contribution is 2.07. The first kappa shape index (κ1) is 10.5. The van der Waals surface area contributed by atoms with Gasteiger partial charge in [-0.05, 0) is 26.3 Å². The van der Waals surface area contributed by atoms with E-state index in [9.17, 15) is 4.79 Å². The summed E-state index contributed by atoms with van der Waals surface area (Å²) in [5, 5.41) is 12.2. The maximum atomic E-state index is 11.6. The highest BCUT2D eigenvalue weighted by Gasteiger charge is 2.25. The van der Waals surface area contributed by atoms with Crippen molar-refractivity contribution in [1.82, 2.24) is 10.2 Å². The van der Waals surface area contributed by atoms with Gasteiger partial charge in [-0.15, -0.1) is 0 Å². The van der Waals surface area contributed by atoms with Gasteiger partial charge in [-0.2, -0.15) is 0 Å². The van der Waals surface area contributed by atoms with Crippen molar-refractivity contribution < 1.29 is 9.90 Å². The minimum atomic E-state index is -0.449. The van der Waals surface area contributed by atoms with Crippen LogP contribution in [-0.4, -0.2) is 48.2 Å². The second kappa shape index (κ2) is 4.58. The van der Waals surface area contributed by atoms with Crippen molar-refractivity contribution in [2.24, 2.45) is 0 Å². The third-order valence-electron chi connectivity index (χ3n) is 2.27. The van der Waals surface area contributed by atoms with Crippen LogP contribution in [0, 0.1) is 0 Å². The van der Waals surface area contributed by atoms with Crippen molar-refractivity contribution in [2.75, 3.05) is 20.1 Å². The standard InChI is InChI=1S/C9H18N2O2/c1-7(12)6-11(2)9(13)8-4-3-5-10-8/h7-8,10,12H,3-6H2,1-2H3/t7?,8-/m1/s1. The van der Waals surface area contributed by atoms with Crippen molar-refractivity contribution in [1.29, 1.82) is 0 Å². The number of nitrogens with one attached hydrogen (secondary N) is 1. The Labute approximate surface area is 78.9 Å². The average molecular weight is 186 g/mol. The Morgan fingerprint density at radius 2 is 2.46 bits per heavy atom. The molecular formula is C9H18N2O2. The summed E-state index contributed by atoms with van der Waals surface area (Å²) in [7, 11) is 1.73. The fourth-order valence-electron chi connectivity index (χ4n) is 1.65. The molecule has 1 rings (SSSR count). The first-order valence-corrected chi connectivity index (χ1v) is 4.77. The average Bonchev–Trinajstić information content (AvgIpc) is 2.53. The molecule has 4 heteroatoms. The van der Waals surface area contributed by atoms with Crippen LogP contribution >= 0.6 is 0 Å². The highest BCUT2D eigenvalue weighted by molar-refractivity contribution is 5.81. The van der Waals surface area contributed by atoms with Gasteiger partial charge in [0.25, 0.3) is 0 Å². The van der Waals surface area contributed by atoms with Crippen LogP contribution in [0.5, 0.6) is 0 Å². The van der Waals surface area contributed by atoms with E-state index in [1.807, 2.05) is 0 Å². The summed E-state index contributed by atoms with van der Waals surface area (Å²) < 4.78 is 0. The van der Waals surface area contributed by atoms with Gasteiger partial charge in [-0.25, -0.2) is 0 Å². The van der Waals surface area contributed by atoms with Crippen molar-refractivity contribution in [3.05, 3.63) is 0 Å². The first-order chi connectivity index (χ1) is 6.11. The summed E-state index contributed by atoms with van der Waals surface area (Å²) in [4.78, 5) is 13.2. The van der Waals surface area contributed by atoms with Crippen LogP contribution in [-0.2, 0) is 4.79 Å². The molecule has 0 bridgehead atoms. The predicted octanol–water partition coefficient (Wildman–Crippen LogP) is -0.422. The molecule has 13 heavy (non-hydrogen) atoms. The molecule has 2 atom stereocenters. The molecular weight excluding hydrogens is 168 g/mol. The molecule has 0 aromatic heterocycles. The van der Waals surface area contributed by atoms with Crippen molar-refractivity contribution in [3.63, 3.8) is 0 Å². The van der Waals surface area contributed by atoms with Crippen LogP contribution in [0.1, 0.15) is 19.8 Å². The molecule has 0 saturated carbocycles. The topological polar surface area (TPSA) is 52.6 Å². The number of hydrogen-bond donors (Lipinski definition) is 2. The Morgan fingerprint density at radius 3 is 2.92 bits per heavy atom. The zero-order valence-corrected chi connectivity index (χ0v) is 8.29. The molecule has 0 spiro atoms. The van der Waals surface area contributed by atoms with Crippen molar-refractivity contribution in [3.8, 4) is 0 Å². The molecule has 1 aliphatic rings. The zero-order valence-electron chi connectivity index (χ0n) is 8.29. The van der Waals surface area contributed by atoms with Crippen molar-refractivity contribution in [2.45, 2.75) is 31.9 Å². The minimum absolute atomic E-state index is 0.0243. The molecule has 1 aliphatic heterocycles. The number of rotatable bonds is 3. The number of nitrogens with zero attached hydrogens (tertiary/aromatic N) is 1. The van der Waals surface area contributed by atoms with Gasteiger partial charge in [0, 0.05) is 13.6 Å². The molecule has 4 nitrogen and oxygen atoms in total. The molecule has 0 radical (unpaired) electrons. The van der Waals surface area contributed by atoms with E-state index >= 15 is 0 Å². The lowest BCUT2D eigenvalue weighted by Crippen LogP contribution is -2.43. The zero-order chi connectivity index (χ0) is 9.84. The van der Waals surface area contributed by atoms with Gasteiger partial charge < -0.3 is 15.3 Å². The molecule has 1 heterocycles. The van der Waals surface area contributed by atoms with Crippen LogP contribution in [0.4, 0.5) is 0 Å². The number of amides is 1. The number of likely N-dealkylation sites (N-methyl/N-ethyl adjacent to an activating group) is 1. The van der Waals surface area contributed by atoms with Gasteiger partial charge in [0.05, 0.1) is 12.1 Å². The molecule has 0 aromatic rings. The lowest BCUT2D eigenvalue weighted by Gasteiger charge is -2.22. The maximum Gasteiger partial charge on any atom is 0.239 e. The minimum Gasteiger partial charge on any atom is -0.392 e.